The molecule has 0 saturated heterocycles. The van der Waals surface area contributed by atoms with Gasteiger partial charge in [0.05, 0.1) is 6.54 Å². The maximum absolute atomic E-state index is 11.7. The molecule has 0 heterocycles. The molecule has 16 heavy (non-hydrogen) atoms. The van der Waals surface area contributed by atoms with Crippen molar-refractivity contribution < 1.29 is 4.79 Å². The van der Waals surface area contributed by atoms with Crippen LogP contribution < -0.4 is 5.32 Å². The van der Waals surface area contributed by atoms with Crippen LogP contribution in [0.15, 0.2) is 43.0 Å². The molecule has 3 heteroatoms. The zero-order valence-corrected chi connectivity index (χ0v) is 9.65. The lowest BCUT2D eigenvalue weighted by molar-refractivity contribution is -0.129. The zero-order chi connectivity index (χ0) is 11.8. The third-order valence-electron chi connectivity index (χ3n) is 2.25. The zero-order valence-electron chi connectivity index (χ0n) is 9.65. The Balaban J connectivity index is 2.37. The van der Waals surface area contributed by atoms with Crippen molar-refractivity contribution >= 4 is 5.91 Å². The Morgan fingerprint density at radius 1 is 1.44 bits per heavy atom. The SMILES string of the molecule is C=CCNCC(=O)N(C)Cc1ccccc1. The maximum atomic E-state index is 11.7. The molecule has 3 nitrogen and oxygen atoms in total. The van der Waals surface area contributed by atoms with Crippen LogP contribution in [-0.4, -0.2) is 30.9 Å². The standard InChI is InChI=1S/C13H18N2O/c1-3-9-14-10-13(16)15(2)11-12-7-5-4-6-8-12/h3-8,14H,1,9-11H2,2H3. The molecule has 0 aliphatic heterocycles. The van der Waals surface area contributed by atoms with Crippen molar-refractivity contribution in [2.45, 2.75) is 6.54 Å². The first-order chi connectivity index (χ1) is 7.74. The van der Waals surface area contributed by atoms with Crippen molar-refractivity contribution in [1.29, 1.82) is 0 Å². The van der Waals surface area contributed by atoms with E-state index in [-0.39, 0.29) is 5.91 Å². The van der Waals surface area contributed by atoms with Crippen molar-refractivity contribution in [2.75, 3.05) is 20.1 Å². The molecular formula is C13H18N2O. The monoisotopic (exact) mass is 218 g/mol. The van der Waals surface area contributed by atoms with Gasteiger partial charge in [0, 0.05) is 20.1 Å². The number of amides is 1. The molecule has 1 amide bonds. The fraction of sp³-hybridized carbons (Fsp3) is 0.308. The molecule has 0 fully saturated rings. The van der Waals surface area contributed by atoms with Crippen LogP contribution in [0.4, 0.5) is 0 Å². The molecule has 1 aromatic rings. The van der Waals surface area contributed by atoms with Crippen LogP contribution in [0.5, 0.6) is 0 Å². The van der Waals surface area contributed by atoms with Gasteiger partial charge in [0.2, 0.25) is 5.91 Å². The number of nitrogens with one attached hydrogen (secondary N) is 1. The first-order valence-corrected chi connectivity index (χ1v) is 5.33. The van der Waals surface area contributed by atoms with Crippen LogP contribution >= 0.6 is 0 Å². The summed E-state index contributed by atoms with van der Waals surface area (Å²) in [6.45, 7) is 5.25. The highest BCUT2D eigenvalue weighted by Gasteiger charge is 2.07. The van der Waals surface area contributed by atoms with Gasteiger partial charge in [-0.2, -0.15) is 0 Å². The highest BCUT2D eigenvalue weighted by molar-refractivity contribution is 5.77. The lowest BCUT2D eigenvalue weighted by Gasteiger charge is -2.17. The first-order valence-electron chi connectivity index (χ1n) is 5.33. The predicted octanol–water partition coefficient (Wildman–Crippen LogP) is 1.42. The third-order valence-corrected chi connectivity index (χ3v) is 2.25. The minimum absolute atomic E-state index is 0.0886. The molecular weight excluding hydrogens is 200 g/mol. The Kier molecular flexibility index (Phi) is 5.29. The topological polar surface area (TPSA) is 32.3 Å². The Hall–Kier alpha value is -1.61. The smallest absolute Gasteiger partial charge is 0.236 e. The highest BCUT2D eigenvalue weighted by atomic mass is 16.2. The molecule has 0 radical (unpaired) electrons. The van der Waals surface area contributed by atoms with E-state index in [0.717, 1.165) is 5.56 Å². The molecule has 0 aromatic heterocycles. The Morgan fingerprint density at radius 3 is 2.75 bits per heavy atom. The van der Waals surface area contributed by atoms with Gasteiger partial charge in [-0.15, -0.1) is 6.58 Å². The van der Waals surface area contributed by atoms with Crippen molar-refractivity contribution in [3.05, 3.63) is 48.6 Å². The lowest BCUT2D eigenvalue weighted by atomic mass is 10.2. The molecule has 0 spiro atoms. The number of likely N-dealkylation sites (N-methyl/N-ethyl adjacent to an activating group) is 1. The van der Waals surface area contributed by atoms with E-state index in [1.54, 1.807) is 11.0 Å². The summed E-state index contributed by atoms with van der Waals surface area (Å²) < 4.78 is 0. The van der Waals surface area contributed by atoms with Crippen LogP contribution in [0.25, 0.3) is 0 Å². The molecule has 0 bridgehead atoms. The van der Waals surface area contributed by atoms with Crippen LogP contribution in [0.1, 0.15) is 5.56 Å². The molecule has 0 saturated carbocycles. The fourth-order valence-electron chi connectivity index (χ4n) is 1.36. The molecule has 1 aromatic carbocycles. The summed E-state index contributed by atoms with van der Waals surface area (Å²) in [4.78, 5) is 13.4. The molecule has 86 valence electrons. The van der Waals surface area contributed by atoms with Crippen LogP contribution in [-0.2, 0) is 11.3 Å². The van der Waals surface area contributed by atoms with Crippen LogP contribution in [0, 0.1) is 0 Å². The second-order valence-electron chi connectivity index (χ2n) is 3.65. The van der Waals surface area contributed by atoms with E-state index >= 15 is 0 Å². The normalized spacial score (nSPS) is 9.81. The number of rotatable bonds is 6. The van der Waals surface area contributed by atoms with E-state index in [2.05, 4.69) is 11.9 Å². The van der Waals surface area contributed by atoms with E-state index in [0.29, 0.717) is 19.6 Å². The van der Waals surface area contributed by atoms with Crippen molar-refractivity contribution in [2.24, 2.45) is 0 Å². The second-order valence-corrected chi connectivity index (χ2v) is 3.65. The number of carbonyl (C=O) groups excluding carboxylic acids is 1. The van der Waals surface area contributed by atoms with E-state index in [1.807, 2.05) is 37.4 Å². The Morgan fingerprint density at radius 2 is 2.12 bits per heavy atom. The Labute approximate surface area is 96.8 Å². The van der Waals surface area contributed by atoms with Gasteiger partial charge in [-0.1, -0.05) is 36.4 Å². The van der Waals surface area contributed by atoms with Gasteiger partial charge >= 0.3 is 0 Å². The van der Waals surface area contributed by atoms with Gasteiger partial charge in [-0.25, -0.2) is 0 Å². The molecule has 1 N–H and O–H groups in total. The second kappa shape index (κ2) is 6.80. The first kappa shape index (κ1) is 12.5. The van der Waals surface area contributed by atoms with E-state index in [1.165, 1.54) is 0 Å². The lowest BCUT2D eigenvalue weighted by Crippen LogP contribution is -2.35. The number of hydrogen-bond donors (Lipinski definition) is 1. The van der Waals surface area contributed by atoms with Gasteiger partial charge in [-0.3, -0.25) is 4.79 Å². The minimum atomic E-state index is 0.0886. The average Bonchev–Trinajstić information content (AvgIpc) is 2.30. The van der Waals surface area contributed by atoms with Gasteiger partial charge < -0.3 is 10.2 Å². The molecule has 0 atom stereocenters. The van der Waals surface area contributed by atoms with Crippen LogP contribution in [0.2, 0.25) is 0 Å². The number of benzene rings is 1. The van der Waals surface area contributed by atoms with Crippen molar-refractivity contribution in [1.82, 2.24) is 10.2 Å². The minimum Gasteiger partial charge on any atom is -0.340 e. The van der Waals surface area contributed by atoms with Crippen molar-refractivity contribution in [3.63, 3.8) is 0 Å². The predicted molar refractivity (Wildman–Crippen MR) is 66.0 cm³/mol. The summed E-state index contributed by atoms with van der Waals surface area (Å²) >= 11 is 0. The maximum Gasteiger partial charge on any atom is 0.236 e. The van der Waals surface area contributed by atoms with Crippen molar-refractivity contribution in [3.8, 4) is 0 Å². The largest absolute Gasteiger partial charge is 0.340 e. The summed E-state index contributed by atoms with van der Waals surface area (Å²) in [5.41, 5.74) is 1.14. The summed E-state index contributed by atoms with van der Waals surface area (Å²) in [5, 5.41) is 2.99. The number of carbonyl (C=O) groups is 1. The van der Waals surface area contributed by atoms with E-state index in [9.17, 15) is 4.79 Å². The molecule has 0 aliphatic rings. The number of nitrogens with zero attached hydrogens (tertiary/aromatic N) is 1. The Bertz CT molecular complexity index is 335. The summed E-state index contributed by atoms with van der Waals surface area (Å²) in [6, 6.07) is 9.95. The van der Waals surface area contributed by atoms with Gasteiger partial charge in [0.1, 0.15) is 0 Å². The number of hydrogen-bond acceptors (Lipinski definition) is 2. The van der Waals surface area contributed by atoms with Gasteiger partial charge in [0.15, 0.2) is 0 Å². The summed E-state index contributed by atoms with van der Waals surface area (Å²) in [5.74, 6) is 0.0886. The fourth-order valence-corrected chi connectivity index (χ4v) is 1.36. The summed E-state index contributed by atoms with van der Waals surface area (Å²) in [7, 11) is 1.81. The van der Waals surface area contributed by atoms with Gasteiger partial charge in [0.25, 0.3) is 0 Å². The molecule has 0 aliphatic carbocycles. The highest BCUT2D eigenvalue weighted by Crippen LogP contribution is 2.02. The third kappa shape index (κ3) is 4.28. The molecule has 0 unspecified atom stereocenters. The van der Waals surface area contributed by atoms with E-state index in [4.69, 9.17) is 0 Å². The van der Waals surface area contributed by atoms with E-state index < -0.39 is 0 Å². The summed E-state index contributed by atoms with van der Waals surface area (Å²) in [6.07, 6.45) is 1.74. The van der Waals surface area contributed by atoms with Gasteiger partial charge in [-0.05, 0) is 5.56 Å². The average molecular weight is 218 g/mol. The van der Waals surface area contributed by atoms with Crippen LogP contribution in [0.3, 0.4) is 0 Å². The quantitative estimate of drug-likeness (QED) is 0.578. The molecule has 1 rings (SSSR count).